The molecule has 0 bridgehead atoms. The summed E-state index contributed by atoms with van der Waals surface area (Å²) in [6.07, 6.45) is 0.734. The fraction of sp³-hybridized carbons (Fsp3) is 1.00. The monoisotopic (exact) mass is 189 g/mol. The second kappa shape index (κ2) is 5.61. The molecule has 0 aromatic rings. The number of hydrogen-bond donors (Lipinski definition) is 2. The minimum absolute atomic E-state index is 0.0122. The molecule has 0 aromatic carbocycles. The predicted octanol–water partition coefficient (Wildman–Crippen LogP) is 2.55. The van der Waals surface area contributed by atoms with Gasteiger partial charge in [0.25, 0.3) is 0 Å². The van der Waals surface area contributed by atoms with Crippen molar-refractivity contribution >= 4 is 0 Å². The highest BCUT2D eigenvalue weighted by molar-refractivity contribution is 4.84. The fourth-order valence-corrected chi connectivity index (χ4v) is 1.28. The van der Waals surface area contributed by atoms with Gasteiger partial charge in [-0.2, -0.15) is 0 Å². The summed E-state index contributed by atoms with van der Waals surface area (Å²) in [6.45, 7) is 13.8. The van der Waals surface area contributed by atoms with Gasteiger partial charge in [0, 0.05) is 6.04 Å². The zero-order valence-corrected chi connectivity index (χ0v) is 10.3. The Morgan fingerprint density at radius 3 is 1.54 bits per heavy atom. The Balaban J connectivity index is 0. The van der Waals surface area contributed by atoms with Gasteiger partial charge in [-0.15, -0.1) is 0 Å². The lowest BCUT2D eigenvalue weighted by Gasteiger charge is -2.34. The van der Waals surface area contributed by atoms with Gasteiger partial charge in [0.2, 0.25) is 0 Å². The van der Waals surface area contributed by atoms with E-state index in [0.29, 0.717) is 0 Å². The molecule has 0 fully saturated rings. The van der Waals surface area contributed by atoms with Crippen LogP contribution in [0.1, 0.15) is 54.9 Å². The van der Waals surface area contributed by atoms with Crippen LogP contribution in [-0.2, 0) is 0 Å². The van der Waals surface area contributed by atoms with Crippen LogP contribution in [0, 0.1) is 5.41 Å². The zero-order chi connectivity index (χ0) is 11.3. The lowest BCUT2D eigenvalue weighted by molar-refractivity contribution is 0.0256. The Morgan fingerprint density at radius 2 is 1.46 bits per heavy atom. The van der Waals surface area contributed by atoms with Crippen molar-refractivity contribution in [3.63, 3.8) is 0 Å². The summed E-state index contributed by atoms with van der Waals surface area (Å²) >= 11 is 0. The van der Waals surface area contributed by atoms with Crippen molar-refractivity contribution in [2.75, 3.05) is 0 Å². The van der Waals surface area contributed by atoms with Gasteiger partial charge in [-0.3, -0.25) is 0 Å². The van der Waals surface area contributed by atoms with Crippen molar-refractivity contribution < 1.29 is 5.11 Å². The molecule has 1 unspecified atom stereocenters. The molecule has 2 heteroatoms. The molecule has 0 saturated heterocycles. The summed E-state index contributed by atoms with van der Waals surface area (Å²) < 4.78 is 0. The largest absolute Gasteiger partial charge is 0.390 e. The number of rotatable bonds is 3. The third-order valence-corrected chi connectivity index (χ3v) is 2.12. The van der Waals surface area contributed by atoms with E-state index in [1.807, 2.05) is 34.6 Å². The summed E-state index contributed by atoms with van der Waals surface area (Å²) in [6, 6.07) is 0.119. The summed E-state index contributed by atoms with van der Waals surface area (Å²) in [5.41, 5.74) is 5.16. The first kappa shape index (κ1) is 15.4. The first-order chi connectivity index (χ1) is 5.65. The minimum atomic E-state index is -0.614. The lowest BCUT2D eigenvalue weighted by atomic mass is 9.77. The second-order valence-corrected chi connectivity index (χ2v) is 4.77. The van der Waals surface area contributed by atoms with Crippen LogP contribution < -0.4 is 5.73 Å². The molecule has 0 aliphatic carbocycles. The fourth-order valence-electron chi connectivity index (χ4n) is 1.28. The minimum Gasteiger partial charge on any atom is -0.390 e. The van der Waals surface area contributed by atoms with E-state index in [0.717, 1.165) is 6.42 Å². The van der Waals surface area contributed by atoms with Crippen molar-refractivity contribution in [1.29, 1.82) is 0 Å². The summed E-state index contributed by atoms with van der Waals surface area (Å²) in [7, 11) is 0. The van der Waals surface area contributed by atoms with Crippen molar-refractivity contribution in [2.45, 2.75) is 66.5 Å². The Morgan fingerprint density at radius 1 is 1.15 bits per heavy atom. The zero-order valence-electron chi connectivity index (χ0n) is 10.3. The van der Waals surface area contributed by atoms with E-state index in [4.69, 9.17) is 5.73 Å². The maximum Gasteiger partial charge on any atom is 0.0597 e. The number of aliphatic hydroxyl groups is 1. The molecule has 0 aliphatic rings. The average Bonchev–Trinajstić information content (AvgIpc) is 1.86. The maximum atomic E-state index is 9.55. The lowest BCUT2D eigenvalue weighted by Crippen LogP contribution is -2.40. The molecule has 13 heavy (non-hydrogen) atoms. The van der Waals surface area contributed by atoms with Crippen molar-refractivity contribution in [3.8, 4) is 0 Å². The second-order valence-electron chi connectivity index (χ2n) is 4.77. The third kappa shape index (κ3) is 8.26. The number of hydrogen-bond acceptors (Lipinski definition) is 2. The van der Waals surface area contributed by atoms with E-state index >= 15 is 0 Å². The molecule has 0 amide bonds. The van der Waals surface area contributed by atoms with Crippen LogP contribution in [0.2, 0.25) is 0 Å². The van der Waals surface area contributed by atoms with Gasteiger partial charge in [0.1, 0.15) is 0 Å². The first-order valence-corrected chi connectivity index (χ1v) is 5.13. The van der Waals surface area contributed by atoms with Crippen LogP contribution in [0.4, 0.5) is 0 Å². The van der Waals surface area contributed by atoms with Gasteiger partial charge in [0.15, 0.2) is 0 Å². The molecule has 2 nitrogen and oxygen atoms in total. The Hall–Kier alpha value is -0.0800. The SMILES string of the molecule is CC.CC(N)C(C)(C)CC(C)(C)O. The Kier molecular flexibility index (Phi) is 6.64. The van der Waals surface area contributed by atoms with E-state index < -0.39 is 5.60 Å². The van der Waals surface area contributed by atoms with Crippen LogP contribution in [0.3, 0.4) is 0 Å². The highest BCUT2D eigenvalue weighted by atomic mass is 16.3. The molecule has 0 heterocycles. The molecule has 0 aliphatic heterocycles. The molecule has 0 rings (SSSR count). The van der Waals surface area contributed by atoms with Crippen LogP contribution in [-0.4, -0.2) is 16.7 Å². The quantitative estimate of drug-likeness (QED) is 0.716. The summed E-state index contributed by atoms with van der Waals surface area (Å²) in [4.78, 5) is 0. The van der Waals surface area contributed by atoms with Crippen molar-refractivity contribution in [3.05, 3.63) is 0 Å². The van der Waals surface area contributed by atoms with Crippen LogP contribution in [0.25, 0.3) is 0 Å². The highest BCUT2D eigenvalue weighted by Crippen LogP contribution is 2.29. The summed E-state index contributed by atoms with van der Waals surface area (Å²) in [5.74, 6) is 0. The first-order valence-electron chi connectivity index (χ1n) is 5.13. The van der Waals surface area contributed by atoms with E-state index in [1.165, 1.54) is 0 Å². The standard InChI is InChI=1S/C9H21NO.C2H6/c1-7(10)8(2,3)6-9(4,5)11;1-2/h7,11H,6,10H2,1-5H3;1-2H3. The van der Waals surface area contributed by atoms with E-state index in [9.17, 15) is 5.11 Å². The Bertz CT molecular complexity index is 123. The van der Waals surface area contributed by atoms with Gasteiger partial charge in [-0.1, -0.05) is 27.7 Å². The molecular formula is C11H27NO. The van der Waals surface area contributed by atoms with Gasteiger partial charge in [-0.05, 0) is 32.6 Å². The third-order valence-electron chi connectivity index (χ3n) is 2.12. The van der Waals surface area contributed by atoms with Gasteiger partial charge in [0.05, 0.1) is 5.60 Å². The molecule has 0 saturated carbocycles. The molecule has 1 atom stereocenters. The normalized spacial score (nSPS) is 14.5. The van der Waals surface area contributed by atoms with Gasteiger partial charge >= 0.3 is 0 Å². The van der Waals surface area contributed by atoms with E-state index in [-0.39, 0.29) is 11.5 Å². The van der Waals surface area contributed by atoms with Gasteiger partial charge < -0.3 is 10.8 Å². The average molecular weight is 189 g/mol. The van der Waals surface area contributed by atoms with Gasteiger partial charge in [-0.25, -0.2) is 0 Å². The molecule has 3 N–H and O–H groups in total. The maximum absolute atomic E-state index is 9.55. The molecule has 0 aromatic heterocycles. The topological polar surface area (TPSA) is 46.2 Å². The van der Waals surface area contributed by atoms with E-state index in [2.05, 4.69) is 13.8 Å². The molecule has 0 spiro atoms. The van der Waals surface area contributed by atoms with E-state index in [1.54, 1.807) is 0 Å². The van der Waals surface area contributed by atoms with Crippen molar-refractivity contribution in [2.24, 2.45) is 11.1 Å². The van der Waals surface area contributed by atoms with Crippen LogP contribution in [0.15, 0.2) is 0 Å². The van der Waals surface area contributed by atoms with Crippen LogP contribution in [0.5, 0.6) is 0 Å². The van der Waals surface area contributed by atoms with Crippen LogP contribution >= 0.6 is 0 Å². The summed E-state index contributed by atoms with van der Waals surface area (Å²) in [5, 5.41) is 9.55. The molecule has 82 valence electrons. The highest BCUT2D eigenvalue weighted by Gasteiger charge is 2.29. The number of nitrogens with two attached hydrogens (primary N) is 1. The van der Waals surface area contributed by atoms with Crippen molar-refractivity contribution in [1.82, 2.24) is 0 Å². The smallest absolute Gasteiger partial charge is 0.0597 e. The predicted molar refractivity (Wildman–Crippen MR) is 59.7 cm³/mol. The molecule has 0 radical (unpaired) electrons. The Labute approximate surface area is 83.5 Å². The molecular weight excluding hydrogens is 162 g/mol.